The van der Waals surface area contributed by atoms with Crippen LogP contribution in [0.15, 0.2) is 47.8 Å². The van der Waals surface area contributed by atoms with Gasteiger partial charge in [-0.15, -0.1) is 0 Å². The van der Waals surface area contributed by atoms with Gasteiger partial charge in [0.1, 0.15) is 5.65 Å². The van der Waals surface area contributed by atoms with Gasteiger partial charge in [-0.1, -0.05) is 6.07 Å². The highest BCUT2D eigenvalue weighted by Gasteiger charge is 2.26. The SMILES string of the molecule is Cc1nn2cc1C1=NCc3ncc(cc31)-c1c(nc3ccccn13)C(=O)NCCC2. The summed E-state index contributed by atoms with van der Waals surface area (Å²) in [5, 5.41) is 7.65. The van der Waals surface area contributed by atoms with Gasteiger partial charge >= 0.3 is 0 Å². The Kier molecular flexibility index (Phi) is 3.61. The molecule has 1 N–H and O–H groups in total. The second-order valence-corrected chi connectivity index (χ2v) is 7.62. The lowest BCUT2D eigenvalue weighted by Gasteiger charge is -2.10. The van der Waals surface area contributed by atoms with Gasteiger partial charge in [0.05, 0.1) is 29.3 Å². The third-order valence-electron chi connectivity index (χ3n) is 5.68. The molecule has 0 aliphatic carbocycles. The average Bonchev–Trinajstić information content (AvgIpc) is 3.44. The fourth-order valence-electron chi connectivity index (χ4n) is 4.24. The van der Waals surface area contributed by atoms with Crippen LogP contribution in [-0.2, 0) is 13.1 Å². The number of rotatable bonds is 0. The number of carbonyl (C=O) groups excluding carboxylic acids is 1. The largest absolute Gasteiger partial charge is 0.351 e. The first-order valence-corrected chi connectivity index (χ1v) is 10.0. The van der Waals surface area contributed by atoms with Crippen LogP contribution in [0.2, 0.25) is 0 Å². The van der Waals surface area contributed by atoms with Crippen LogP contribution in [0.4, 0.5) is 0 Å². The maximum atomic E-state index is 13.0. The van der Waals surface area contributed by atoms with E-state index in [0.29, 0.717) is 18.8 Å². The number of hydrogen-bond donors (Lipinski definition) is 1. The molecule has 4 aromatic heterocycles. The molecule has 0 radical (unpaired) electrons. The van der Waals surface area contributed by atoms with Gasteiger partial charge in [0.15, 0.2) is 5.69 Å². The lowest BCUT2D eigenvalue weighted by Crippen LogP contribution is -2.26. The van der Waals surface area contributed by atoms with Gasteiger partial charge < -0.3 is 5.32 Å². The molecule has 4 bridgehead atoms. The molecule has 1 amide bonds. The number of nitrogens with zero attached hydrogens (tertiary/aromatic N) is 6. The van der Waals surface area contributed by atoms with Crippen molar-refractivity contribution in [2.75, 3.05) is 6.54 Å². The Labute approximate surface area is 172 Å². The topological polar surface area (TPSA) is 89.5 Å². The molecule has 8 heteroatoms. The normalized spacial score (nSPS) is 15.5. The molecule has 0 aromatic carbocycles. The summed E-state index contributed by atoms with van der Waals surface area (Å²) in [5.74, 6) is -0.183. The molecule has 0 fully saturated rings. The summed E-state index contributed by atoms with van der Waals surface area (Å²) < 4.78 is 3.87. The van der Waals surface area contributed by atoms with Crippen molar-refractivity contribution in [2.45, 2.75) is 26.4 Å². The van der Waals surface area contributed by atoms with Gasteiger partial charge in [-0.2, -0.15) is 5.10 Å². The van der Waals surface area contributed by atoms with Crippen LogP contribution in [0.5, 0.6) is 0 Å². The van der Waals surface area contributed by atoms with Crippen molar-refractivity contribution in [2.24, 2.45) is 4.99 Å². The number of amides is 1. The number of pyridine rings is 2. The zero-order valence-corrected chi connectivity index (χ0v) is 16.5. The maximum Gasteiger partial charge on any atom is 0.272 e. The van der Waals surface area contributed by atoms with Crippen LogP contribution in [0.3, 0.4) is 0 Å². The highest BCUT2D eigenvalue weighted by Crippen LogP contribution is 2.30. The number of nitrogens with one attached hydrogen (secondary N) is 1. The number of hydrogen-bond acceptors (Lipinski definition) is 5. The first kappa shape index (κ1) is 17.1. The highest BCUT2D eigenvalue weighted by molar-refractivity contribution is 6.16. The van der Waals surface area contributed by atoms with E-state index in [0.717, 1.165) is 58.1 Å². The summed E-state index contributed by atoms with van der Waals surface area (Å²) in [6.45, 7) is 3.82. The Morgan fingerprint density at radius 1 is 1.20 bits per heavy atom. The lowest BCUT2D eigenvalue weighted by molar-refractivity contribution is 0.0949. The minimum atomic E-state index is -0.183. The van der Waals surface area contributed by atoms with Gasteiger partial charge in [0.2, 0.25) is 0 Å². The second kappa shape index (κ2) is 6.35. The van der Waals surface area contributed by atoms with Crippen molar-refractivity contribution in [3.8, 4) is 11.3 Å². The van der Waals surface area contributed by atoms with Crippen LogP contribution in [0.25, 0.3) is 16.9 Å². The zero-order chi connectivity index (χ0) is 20.2. The van der Waals surface area contributed by atoms with Gasteiger partial charge in [-0.05, 0) is 31.5 Å². The number of aromatic nitrogens is 5. The molecule has 148 valence electrons. The molecule has 8 nitrogen and oxygen atoms in total. The van der Waals surface area contributed by atoms with E-state index >= 15 is 0 Å². The summed E-state index contributed by atoms with van der Waals surface area (Å²) in [5.41, 5.74) is 7.55. The van der Waals surface area contributed by atoms with E-state index in [2.05, 4.69) is 26.4 Å². The minimum absolute atomic E-state index is 0.183. The molecule has 0 saturated carbocycles. The van der Waals surface area contributed by atoms with Crippen LogP contribution in [-0.4, -0.2) is 42.3 Å². The summed E-state index contributed by atoms with van der Waals surface area (Å²) in [6.07, 6.45) is 6.56. The van der Waals surface area contributed by atoms with Crippen molar-refractivity contribution in [3.05, 3.63) is 71.1 Å². The van der Waals surface area contributed by atoms with E-state index in [-0.39, 0.29) is 5.91 Å². The van der Waals surface area contributed by atoms with E-state index in [9.17, 15) is 4.79 Å². The quantitative estimate of drug-likeness (QED) is 0.493. The highest BCUT2D eigenvalue weighted by atomic mass is 16.1. The first-order chi connectivity index (χ1) is 14.7. The molecule has 0 atom stereocenters. The molecule has 0 saturated heterocycles. The van der Waals surface area contributed by atoms with Gasteiger partial charge in [-0.3, -0.25) is 23.9 Å². The molecular weight excluding hydrogens is 378 g/mol. The van der Waals surface area contributed by atoms with Gasteiger partial charge in [0, 0.05) is 48.4 Å². The number of fused-ring (bicyclic) bond motifs is 8. The predicted molar refractivity (Wildman–Crippen MR) is 112 cm³/mol. The average molecular weight is 397 g/mol. The lowest BCUT2D eigenvalue weighted by atomic mass is 10.0. The summed E-state index contributed by atoms with van der Waals surface area (Å²) in [6, 6.07) is 7.83. The molecular formula is C22H19N7O. The molecule has 0 unspecified atom stereocenters. The van der Waals surface area contributed by atoms with E-state index < -0.39 is 0 Å². The molecule has 4 aromatic rings. The third kappa shape index (κ3) is 2.50. The Balaban J connectivity index is 1.62. The van der Waals surface area contributed by atoms with Crippen molar-refractivity contribution in [1.29, 1.82) is 0 Å². The summed E-state index contributed by atoms with van der Waals surface area (Å²) in [7, 11) is 0. The molecule has 0 spiro atoms. The maximum absolute atomic E-state index is 13.0. The number of aryl methyl sites for hydroxylation is 2. The van der Waals surface area contributed by atoms with Crippen molar-refractivity contribution in [1.82, 2.24) is 29.5 Å². The fraction of sp³-hybridized carbons (Fsp3) is 0.227. The standard InChI is InChI=1S/C22H19N7O/c1-13-16-12-28(27-13)7-4-6-23-22(30)20-21(29-8-3-2-5-18(29)26-20)14-9-15-17(24-10-14)11-25-19(15)16/h2-3,5,8-10,12H,4,6-7,11H2,1H3,(H,23,30). The summed E-state index contributed by atoms with van der Waals surface area (Å²) in [4.78, 5) is 27.1. The molecule has 2 aliphatic rings. The van der Waals surface area contributed by atoms with E-state index in [1.54, 1.807) is 0 Å². The Bertz CT molecular complexity index is 1360. The molecule has 6 heterocycles. The number of aliphatic imine (C=N–C) groups is 1. The number of imidazole rings is 1. The summed E-state index contributed by atoms with van der Waals surface area (Å²) >= 11 is 0. The molecule has 6 rings (SSSR count). The van der Waals surface area contributed by atoms with Crippen LogP contribution >= 0.6 is 0 Å². The predicted octanol–water partition coefficient (Wildman–Crippen LogP) is 2.39. The van der Waals surface area contributed by atoms with E-state index in [4.69, 9.17) is 4.99 Å². The Hall–Kier alpha value is -3.81. The zero-order valence-electron chi connectivity index (χ0n) is 16.5. The smallest absolute Gasteiger partial charge is 0.272 e. The van der Waals surface area contributed by atoms with Gasteiger partial charge in [-0.25, -0.2) is 4.98 Å². The van der Waals surface area contributed by atoms with E-state index in [1.807, 2.05) is 52.8 Å². The third-order valence-corrected chi connectivity index (χ3v) is 5.68. The fourth-order valence-corrected chi connectivity index (χ4v) is 4.24. The van der Waals surface area contributed by atoms with Crippen molar-refractivity contribution < 1.29 is 4.79 Å². The van der Waals surface area contributed by atoms with Crippen LogP contribution < -0.4 is 5.32 Å². The monoisotopic (exact) mass is 397 g/mol. The second-order valence-electron chi connectivity index (χ2n) is 7.62. The first-order valence-electron chi connectivity index (χ1n) is 10.0. The number of carbonyl (C=O) groups is 1. The molecule has 2 aliphatic heterocycles. The Morgan fingerprint density at radius 2 is 2.13 bits per heavy atom. The Morgan fingerprint density at radius 3 is 3.07 bits per heavy atom. The molecule has 30 heavy (non-hydrogen) atoms. The van der Waals surface area contributed by atoms with Gasteiger partial charge in [0.25, 0.3) is 5.91 Å². The van der Waals surface area contributed by atoms with E-state index in [1.165, 1.54) is 0 Å². The van der Waals surface area contributed by atoms with Crippen LogP contribution in [0.1, 0.15) is 39.4 Å². The van der Waals surface area contributed by atoms with Crippen molar-refractivity contribution in [3.63, 3.8) is 0 Å². The van der Waals surface area contributed by atoms with Crippen molar-refractivity contribution >= 4 is 17.3 Å². The van der Waals surface area contributed by atoms with Crippen LogP contribution in [0, 0.1) is 6.92 Å². The minimum Gasteiger partial charge on any atom is -0.351 e.